The van der Waals surface area contributed by atoms with Gasteiger partial charge in [-0.2, -0.15) is 0 Å². The minimum absolute atomic E-state index is 0.169. The SMILES string of the molecule is CC(C)(O)OC(CCCOC(=O)C(C)(C)C)COCc1ccccc1.CC(C)(O)OC(CO)CCCOC(=O)C(C)(C)C. The van der Waals surface area contributed by atoms with Gasteiger partial charge in [0.25, 0.3) is 0 Å². The number of ether oxygens (including phenoxy) is 5. The summed E-state index contributed by atoms with van der Waals surface area (Å²) in [5.74, 6) is -2.96. The van der Waals surface area contributed by atoms with Crippen LogP contribution in [0, 0.1) is 10.8 Å². The lowest BCUT2D eigenvalue weighted by molar-refractivity contribution is -0.218. The molecule has 0 aromatic heterocycles. The zero-order chi connectivity index (χ0) is 33.3. The van der Waals surface area contributed by atoms with Gasteiger partial charge in [-0.1, -0.05) is 30.3 Å². The van der Waals surface area contributed by atoms with Crippen LogP contribution in [0.25, 0.3) is 0 Å². The van der Waals surface area contributed by atoms with Gasteiger partial charge in [0.2, 0.25) is 0 Å². The third kappa shape index (κ3) is 23.0. The van der Waals surface area contributed by atoms with E-state index in [0.717, 1.165) is 5.56 Å². The first-order chi connectivity index (χ1) is 19.6. The third-order valence-corrected chi connectivity index (χ3v) is 5.56. The Labute approximate surface area is 259 Å². The molecule has 0 amide bonds. The van der Waals surface area contributed by atoms with Crippen molar-refractivity contribution in [3.8, 4) is 0 Å². The molecule has 1 rings (SSSR count). The summed E-state index contributed by atoms with van der Waals surface area (Å²) in [6.07, 6.45) is 1.68. The summed E-state index contributed by atoms with van der Waals surface area (Å²) in [6, 6.07) is 9.89. The van der Waals surface area contributed by atoms with Gasteiger partial charge in [0.05, 0.1) is 56.1 Å². The monoisotopic (exact) mass is 614 g/mol. The van der Waals surface area contributed by atoms with Gasteiger partial charge >= 0.3 is 11.9 Å². The maximum Gasteiger partial charge on any atom is 0.311 e. The van der Waals surface area contributed by atoms with Crippen molar-refractivity contribution < 1.29 is 48.6 Å². The van der Waals surface area contributed by atoms with E-state index in [4.69, 9.17) is 28.8 Å². The number of aliphatic hydroxyl groups is 3. The molecule has 0 heterocycles. The lowest BCUT2D eigenvalue weighted by atomic mass is 9.97. The first-order valence-corrected chi connectivity index (χ1v) is 15.0. The molecule has 0 aliphatic rings. The van der Waals surface area contributed by atoms with Gasteiger partial charge in [0.1, 0.15) is 0 Å². The van der Waals surface area contributed by atoms with Gasteiger partial charge in [-0.05, 0) is 100 Å². The molecule has 2 atom stereocenters. The van der Waals surface area contributed by atoms with Crippen molar-refractivity contribution in [3.63, 3.8) is 0 Å². The fourth-order valence-corrected chi connectivity index (χ4v) is 3.45. The summed E-state index contributed by atoms with van der Waals surface area (Å²) in [5.41, 5.74) is 0.0884. The van der Waals surface area contributed by atoms with Gasteiger partial charge < -0.3 is 39.0 Å². The van der Waals surface area contributed by atoms with Crippen molar-refractivity contribution in [1.82, 2.24) is 0 Å². The minimum Gasteiger partial charge on any atom is -0.465 e. The maximum atomic E-state index is 11.7. The van der Waals surface area contributed by atoms with Crippen LogP contribution in [0.15, 0.2) is 30.3 Å². The first kappa shape index (κ1) is 40.9. The van der Waals surface area contributed by atoms with E-state index < -0.39 is 28.5 Å². The Balaban J connectivity index is 0.000000869. The van der Waals surface area contributed by atoms with Gasteiger partial charge in [0, 0.05) is 0 Å². The molecule has 0 spiro atoms. The lowest BCUT2D eigenvalue weighted by Crippen LogP contribution is -2.33. The van der Waals surface area contributed by atoms with Gasteiger partial charge in [0.15, 0.2) is 11.6 Å². The highest BCUT2D eigenvalue weighted by Crippen LogP contribution is 2.18. The normalized spacial score (nSPS) is 13.9. The molecule has 0 bridgehead atoms. The largest absolute Gasteiger partial charge is 0.465 e. The topological polar surface area (TPSA) is 141 Å². The summed E-state index contributed by atoms with van der Waals surface area (Å²) in [4.78, 5) is 23.2. The first-order valence-electron chi connectivity index (χ1n) is 15.0. The van der Waals surface area contributed by atoms with E-state index in [1.807, 2.05) is 51.1 Å². The molecule has 3 N–H and O–H groups in total. The van der Waals surface area contributed by atoms with Crippen LogP contribution in [0.4, 0.5) is 0 Å². The number of carbonyl (C=O) groups excluding carboxylic acids is 2. The van der Waals surface area contributed by atoms with Crippen molar-refractivity contribution in [2.24, 2.45) is 10.8 Å². The molecule has 0 fully saturated rings. The summed E-state index contributed by atoms with van der Waals surface area (Å²) in [7, 11) is 0. The fourth-order valence-electron chi connectivity index (χ4n) is 3.45. The quantitative estimate of drug-likeness (QED) is 0.123. The number of rotatable bonds is 17. The molecule has 2 unspecified atom stereocenters. The van der Waals surface area contributed by atoms with E-state index in [-0.39, 0.29) is 24.6 Å². The Morgan fingerprint density at radius 2 is 1.12 bits per heavy atom. The number of hydrogen-bond donors (Lipinski definition) is 3. The standard InChI is InChI=1S/C20H32O5.C13H26O5/c1-19(2,3)18(21)24-13-9-12-17(25-20(4,5)22)15-23-14-16-10-7-6-8-11-16;1-12(2,3)11(15)17-8-6-7-10(9-14)18-13(4,5)16/h6-8,10-11,17,22H,9,12-15H2,1-5H3;10,14,16H,6-9H2,1-5H3. The molecule has 1 aromatic carbocycles. The average Bonchev–Trinajstić information content (AvgIpc) is 2.86. The summed E-state index contributed by atoms with van der Waals surface area (Å²) < 4.78 is 26.9. The molecule has 0 radical (unpaired) electrons. The third-order valence-electron chi connectivity index (χ3n) is 5.56. The number of aliphatic hydroxyl groups excluding tert-OH is 1. The van der Waals surface area contributed by atoms with Crippen LogP contribution in [-0.4, -0.2) is 77.5 Å². The van der Waals surface area contributed by atoms with Crippen LogP contribution in [0.1, 0.15) is 100 Å². The number of benzene rings is 1. The van der Waals surface area contributed by atoms with Crippen LogP contribution in [-0.2, 0) is 39.9 Å². The summed E-state index contributed by atoms with van der Waals surface area (Å²) in [6.45, 7) is 18.4. The van der Waals surface area contributed by atoms with Crippen molar-refractivity contribution in [1.29, 1.82) is 0 Å². The second-order valence-corrected chi connectivity index (χ2v) is 13.6. The molecule has 0 saturated heterocycles. The molecule has 1 aromatic rings. The molecular formula is C33H58O10. The Morgan fingerprint density at radius 3 is 1.51 bits per heavy atom. The van der Waals surface area contributed by atoms with E-state index in [0.29, 0.717) is 52.1 Å². The molecule has 0 aliphatic heterocycles. The predicted octanol–water partition coefficient (Wildman–Crippen LogP) is 5.15. The zero-order valence-electron chi connectivity index (χ0n) is 28.1. The average molecular weight is 615 g/mol. The van der Waals surface area contributed by atoms with Crippen LogP contribution < -0.4 is 0 Å². The van der Waals surface area contributed by atoms with Crippen molar-refractivity contribution >= 4 is 11.9 Å². The van der Waals surface area contributed by atoms with Crippen molar-refractivity contribution in [2.45, 2.75) is 125 Å². The number of hydrogen-bond acceptors (Lipinski definition) is 10. The van der Waals surface area contributed by atoms with E-state index >= 15 is 0 Å². The number of carbonyl (C=O) groups is 2. The highest BCUT2D eigenvalue weighted by Gasteiger charge is 2.25. The second kappa shape index (κ2) is 19.3. The van der Waals surface area contributed by atoms with Gasteiger partial charge in [-0.25, -0.2) is 0 Å². The van der Waals surface area contributed by atoms with Gasteiger partial charge in [-0.3, -0.25) is 9.59 Å². The molecule has 0 saturated carbocycles. The van der Waals surface area contributed by atoms with Crippen molar-refractivity contribution in [2.75, 3.05) is 26.4 Å². The molecule has 10 nitrogen and oxygen atoms in total. The lowest BCUT2D eigenvalue weighted by Gasteiger charge is -2.26. The maximum absolute atomic E-state index is 11.7. The Kier molecular flexibility index (Phi) is 18.4. The van der Waals surface area contributed by atoms with Crippen LogP contribution in [0.2, 0.25) is 0 Å². The Hall–Kier alpha value is -2.08. The Bertz CT molecular complexity index is 889. The van der Waals surface area contributed by atoms with Crippen LogP contribution >= 0.6 is 0 Å². The highest BCUT2D eigenvalue weighted by molar-refractivity contribution is 5.75. The Morgan fingerprint density at radius 1 is 0.698 bits per heavy atom. The van der Waals surface area contributed by atoms with Crippen molar-refractivity contribution in [3.05, 3.63) is 35.9 Å². The molecule has 43 heavy (non-hydrogen) atoms. The molecule has 0 aliphatic carbocycles. The molecular weight excluding hydrogens is 556 g/mol. The predicted molar refractivity (Wildman–Crippen MR) is 165 cm³/mol. The van der Waals surface area contributed by atoms with E-state index in [1.54, 1.807) is 34.6 Å². The minimum atomic E-state index is -1.27. The van der Waals surface area contributed by atoms with E-state index in [9.17, 15) is 19.8 Å². The zero-order valence-corrected chi connectivity index (χ0v) is 28.1. The molecule has 10 heteroatoms. The number of esters is 2. The summed E-state index contributed by atoms with van der Waals surface area (Å²) >= 11 is 0. The fraction of sp³-hybridized carbons (Fsp3) is 0.758. The second-order valence-electron chi connectivity index (χ2n) is 13.6. The highest BCUT2D eigenvalue weighted by atomic mass is 16.6. The smallest absolute Gasteiger partial charge is 0.311 e. The van der Waals surface area contributed by atoms with Crippen LogP contribution in [0.3, 0.4) is 0 Å². The van der Waals surface area contributed by atoms with E-state index in [2.05, 4.69) is 0 Å². The van der Waals surface area contributed by atoms with Crippen LogP contribution in [0.5, 0.6) is 0 Å². The summed E-state index contributed by atoms with van der Waals surface area (Å²) in [5, 5.41) is 28.4. The molecule has 250 valence electrons. The van der Waals surface area contributed by atoms with E-state index in [1.165, 1.54) is 13.8 Å². The van der Waals surface area contributed by atoms with Gasteiger partial charge in [-0.15, -0.1) is 0 Å².